The highest BCUT2D eigenvalue weighted by molar-refractivity contribution is 7.91. The standard InChI is InChI=1S/C15H22FN3O3S/c1-2-17-15(19-9-7-12(20)11-19)18-8-10-23(21,22)14-6-4-3-5-13(14)16/h3-6,12,20H,2,7-11H2,1H3,(H,17,18)/t12-/m1/s1. The lowest BCUT2D eigenvalue weighted by Crippen LogP contribution is -2.40. The van der Waals surface area contributed by atoms with E-state index in [1.165, 1.54) is 18.2 Å². The van der Waals surface area contributed by atoms with Crippen molar-refractivity contribution >= 4 is 15.8 Å². The summed E-state index contributed by atoms with van der Waals surface area (Å²) in [5.41, 5.74) is 0. The molecular formula is C15H22FN3O3S. The summed E-state index contributed by atoms with van der Waals surface area (Å²) in [6.07, 6.45) is 0.277. The highest BCUT2D eigenvalue weighted by Crippen LogP contribution is 2.15. The van der Waals surface area contributed by atoms with Crippen LogP contribution < -0.4 is 5.32 Å². The molecule has 2 N–H and O–H groups in total. The number of sulfone groups is 1. The van der Waals surface area contributed by atoms with E-state index in [-0.39, 0.29) is 23.3 Å². The van der Waals surface area contributed by atoms with Gasteiger partial charge < -0.3 is 15.3 Å². The van der Waals surface area contributed by atoms with Crippen LogP contribution in [0.5, 0.6) is 0 Å². The first-order valence-corrected chi connectivity index (χ1v) is 9.28. The molecule has 0 radical (unpaired) electrons. The number of likely N-dealkylation sites (tertiary alicyclic amines) is 1. The number of halogens is 1. The Labute approximate surface area is 136 Å². The van der Waals surface area contributed by atoms with Crippen LogP contribution >= 0.6 is 0 Å². The zero-order valence-electron chi connectivity index (χ0n) is 13.1. The highest BCUT2D eigenvalue weighted by Gasteiger charge is 2.23. The predicted molar refractivity (Wildman–Crippen MR) is 86.6 cm³/mol. The Kier molecular flexibility index (Phi) is 5.95. The van der Waals surface area contributed by atoms with E-state index < -0.39 is 15.7 Å². The number of hydrogen-bond acceptors (Lipinski definition) is 4. The first-order chi connectivity index (χ1) is 10.9. The van der Waals surface area contributed by atoms with Gasteiger partial charge >= 0.3 is 0 Å². The van der Waals surface area contributed by atoms with Gasteiger partial charge in [0.05, 0.1) is 18.4 Å². The van der Waals surface area contributed by atoms with Crippen molar-refractivity contribution in [2.24, 2.45) is 4.99 Å². The van der Waals surface area contributed by atoms with Gasteiger partial charge in [-0.05, 0) is 25.5 Å². The molecule has 1 atom stereocenters. The van der Waals surface area contributed by atoms with E-state index in [1.54, 1.807) is 0 Å². The molecule has 0 amide bonds. The van der Waals surface area contributed by atoms with E-state index in [2.05, 4.69) is 10.3 Å². The molecule has 6 nitrogen and oxygen atoms in total. The van der Waals surface area contributed by atoms with Crippen molar-refractivity contribution in [2.45, 2.75) is 24.3 Å². The van der Waals surface area contributed by atoms with Crippen LogP contribution in [0.25, 0.3) is 0 Å². The number of aliphatic hydroxyl groups is 1. The number of aliphatic hydroxyl groups excluding tert-OH is 1. The van der Waals surface area contributed by atoms with E-state index in [0.29, 0.717) is 32.0 Å². The van der Waals surface area contributed by atoms with Crippen LogP contribution in [0.15, 0.2) is 34.2 Å². The molecule has 8 heteroatoms. The van der Waals surface area contributed by atoms with Gasteiger partial charge in [-0.25, -0.2) is 12.8 Å². The Balaban J connectivity index is 2.04. The van der Waals surface area contributed by atoms with Crippen molar-refractivity contribution < 1.29 is 17.9 Å². The minimum Gasteiger partial charge on any atom is -0.391 e. The summed E-state index contributed by atoms with van der Waals surface area (Å²) in [5, 5.41) is 12.7. The lowest BCUT2D eigenvalue weighted by atomic mass is 10.3. The minimum atomic E-state index is -3.71. The van der Waals surface area contributed by atoms with Crippen LogP contribution in [0.1, 0.15) is 13.3 Å². The largest absolute Gasteiger partial charge is 0.391 e. The topological polar surface area (TPSA) is 82.0 Å². The predicted octanol–water partition coefficient (Wildman–Crippen LogP) is 0.631. The maximum Gasteiger partial charge on any atom is 0.194 e. The third-order valence-electron chi connectivity index (χ3n) is 3.59. The molecule has 0 unspecified atom stereocenters. The van der Waals surface area contributed by atoms with Gasteiger partial charge in [-0.3, -0.25) is 4.99 Å². The number of guanidine groups is 1. The zero-order valence-corrected chi connectivity index (χ0v) is 13.9. The fraction of sp³-hybridized carbons (Fsp3) is 0.533. The lowest BCUT2D eigenvalue weighted by Gasteiger charge is -2.20. The number of hydrogen-bond donors (Lipinski definition) is 2. The van der Waals surface area contributed by atoms with Gasteiger partial charge in [-0.2, -0.15) is 0 Å². The molecule has 1 fully saturated rings. The van der Waals surface area contributed by atoms with Crippen LogP contribution in [0.4, 0.5) is 4.39 Å². The lowest BCUT2D eigenvalue weighted by molar-refractivity contribution is 0.188. The molecule has 1 aliphatic heterocycles. The van der Waals surface area contributed by atoms with Crippen LogP contribution in [0.2, 0.25) is 0 Å². The summed E-state index contributed by atoms with van der Waals surface area (Å²) in [5.74, 6) is -0.432. The summed E-state index contributed by atoms with van der Waals surface area (Å²) in [6, 6.07) is 5.34. The first kappa shape index (κ1) is 17.7. The maximum absolute atomic E-state index is 13.6. The molecule has 0 bridgehead atoms. The molecule has 1 saturated heterocycles. The molecule has 1 aromatic carbocycles. The van der Waals surface area contributed by atoms with Crippen molar-refractivity contribution in [3.05, 3.63) is 30.1 Å². The van der Waals surface area contributed by atoms with Crippen molar-refractivity contribution in [3.8, 4) is 0 Å². The maximum atomic E-state index is 13.6. The Morgan fingerprint density at radius 1 is 1.48 bits per heavy atom. The van der Waals surface area contributed by atoms with Crippen LogP contribution in [-0.2, 0) is 9.84 Å². The fourth-order valence-electron chi connectivity index (χ4n) is 2.44. The summed E-state index contributed by atoms with van der Waals surface area (Å²) in [4.78, 5) is 5.89. The number of nitrogens with zero attached hydrogens (tertiary/aromatic N) is 2. The van der Waals surface area contributed by atoms with Gasteiger partial charge in [0, 0.05) is 19.6 Å². The Hall–Kier alpha value is -1.67. The Bertz CT molecular complexity index is 664. The van der Waals surface area contributed by atoms with E-state index in [1.807, 2.05) is 11.8 Å². The Morgan fingerprint density at radius 3 is 2.83 bits per heavy atom. The van der Waals surface area contributed by atoms with Crippen molar-refractivity contribution in [1.29, 1.82) is 0 Å². The zero-order chi connectivity index (χ0) is 16.9. The Morgan fingerprint density at radius 2 is 2.22 bits per heavy atom. The van der Waals surface area contributed by atoms with E-state index in [4.69, 9.17) is 0 Å². The fourth-order valence-corrected chi connectivity index (χ4v) is 3.64. The van der Waals surface area contributed by atoms with Crippen LogP contribution in [0.3, 0.4) is 0 Å². The molecule has 0 aromatic heterocycles. The number of β-amino-alcohol motifs (C(OH)–C–C–N with tert-alkyl or cyclic N) is 1. The third kappa shape index (κ3) is 4.65. The smallest absolute Gasteiger partial charge is 0.194 e. The highest BCUT2D eigenvalue weighted by atomic mass is 32.2. The van der Waals surface area contributed by atoms with E-state index in [0.717, 1.165) is 6.07 Å². The molecule has 128 valence electrons. The molecule has 1 aromatic rings. The van der Waals surface area contributed by atoms with Gasteiger partial charge in [0.2, 0.25) is 0 Å². The summed E-state index contributed by atoms with van der Waals surface area (Å²) >= 11 is 0. The number of benzene rings is 1. The molecule has 2 rings (SSSR count). The van der Waals surface area contributed by atoms with Gasteiger partial charge in [-0.1, -0.05) is 12.1 Å². The monoisotopic (exact) mass is 343 g/mol. The summed E-state index contributed by atoms with van der Waals surface area (Å²) in [6.45, 7) is 3.74. The summed E-state index contributed by atoms with van der Waals surface area (Å²) < 4.78 is 38.0. The normalized spacial score (nSPS) is 19.2. The summed E-state index contributed by atoms with van der Waals surface area (Å²) in [7, 11) is -3.71. The number of aliphatic imine (C=N–C) groups is 1. The van der Waals surface area contributed by atoms with E-state index in [9.17, 15) is 17.9 Å². The number of nitrogens with one attached hydrogen (secondary N) is 1. The average molecular weight is 343 g/mol. The van der Waals surface area contributed by atoms with Gasteiger partial charge in [-0.15, -0.1) is 0 Å². The minimum absolute atomic E-state index is 0.0333. The van der Waals surface area contributed by atoms with Crippen LogP contribution in [-0.4, -0.2) is 62.4 Å². The second kappa shape index (κ2) is 7.74. The second-order valence-electron chi connectivity index (χ2n) is 5.37. The van der Waals surface area contributed by atoms with Gasteiger partial charge in [0.25, 0.3) is 0 Å². The molecule has 0 aliphatic carbocycles. The average Bonchev–Trinajstić information content (AvgIpc) is 2.93. The molecule has 0 spiro atoms. The van der Waals surface area contributed by atoms with Crippen molar-refractivity contribution in [2.75, 3.05) is 31.9 Å². The molecule has 1 aliphatic rings. The van der Waals surface area contributed by atoms with Gasteiger partial charge in [0.15, 0.2) is 15.8 Å². The van der Waals surface area contributed by atoms with Gasteiger partial charge in [0.1, 0.15) is 10.7 Å². The van der Waals surface area contributed by atoms with Crippen molar-refractivity contribution in [1.82, 2.24) is 10.2 Å². The molecule has 23 heavy (non-hydrogen) atoms. The van der Waals surface area contributed by atoms with Crippen LogP contribution in [0, 0.1) is 5.82 Å². The first-order valence-electron chi connectivity index (χ1n) is 7.62. The molecule has 1 heterocycles. The molecular weight excluding hydrogens is 321 g/mol. The quantitative estimate of drug-likeness (QED) is 0.605. The molecule has 0 saturated carbocycles. The van der Waals surface area contributed by atoms with E-state index >= 15 is 0 Å². The second-order valence-corrected chi connectivity index (χ2v) is 7.45. The third-order valence-corrected chi connectivity index (χ3v) is 5.31. The van der Waals surface area contributed by atoms with Crippen molar-refractivity contribution in [3.63, 3.8) is 0 Å². The number of rotatable bonds is 5. The SMILES string of the molecule is CCNC(=NCCS(=O)(=O)c1ccccc1F)N1CC[C@@H](O)C1.